The number of aliphatic hydroxyl groups is 2. The van der Waals surface area contributed by atoms with E-state index in [1.807, 2.05) is 0 Å². The Bertz CT molecular complexity index is 330. The third-order valence-corrected chi connectivity index (χ3v) is 4.08. The molecule has 0 radical (unpaired) electrons. The highest BCUT2D eigenvalue weighted by Crippen LogP contribution is 2.50. The standard InChI is InChI=1S/C12H18O3/c1-8-7-9(13)3-4-10-11(2,14)5-6-12(8,10)15/h7,10,14-15H,3-6H2,1-2H3/t10-,11+,12+/m1/s1. The van der Waals surface area contributed by atoms with Crippen molar-refractivity contribution in [3.05, 3.63) is 11.6 Å². The Balaban J connectivity index is 2.42. The second-order valence-electron chi connectivity index (χ2n) is 5.17. The summed E-state index contributed by atoms with van der Waals surface area (Å²) >= 11 is 0. The second-order valence-corrected chi connectivity index (χ2v) is 5.17. The van der Waals surface area contributed by atoms with Crippen molar-refractivity contribution in [1.82, 2.24) is 0 Å². The molecular formula is C12H18O3. The molecule has 3 heteroatoms. The Morgan fingerprint density at radius 2 is 2.07 bits per heavy atom. The first-order chi connectivity index (χ1) is 6.86. The number of carbonyl (C=O) groups excluding carboxylic acids is 1. The van der Waals surface area contributed by atoms with E-state index in [9.17, 15) is 15.0 Å². The largest absolute Gasteiger partial charge is 0.390 e. The molecule has 0 saturated heterocycles. The molecule has 3 nitrogen and oxygen atoms in total. The predicted molar refractivity (Wildman–Crippen MR) is 56.3 cm³/mol. The van der Waals surface area contributed by atoms with Crippen molar-refractivity contribution < 1.29 is 15.0 Å². The van der Waals surface area contributed by atoms with Crippen LogP contribution >= 0.6 is 0 Å². The minimum Gasteiger partial charge on any atom is -0.390 e. The fraction of sp³-hybridized carbons (Fsp3) is 0.750. The number of allylic oxidation sites excluding steroid dienone is 1. The summed E-state index contributed by atoms with van der Waals surface area (Å²) < 4.78 is 0. The number of hydrogen-bond donors (Lipinski definition) is 2. The van der Waals surface area contributed by atoms with E-state index in [-0.39, 0.29) is 11.7 Å². The lowest BCUT2D eigenvalue weighted by molar-refractivity contribution is -0.115. The van der Waals surface area contributed by atoms with E-state index >= 15 is 0 Å². The normalized spacial score (nSPS) is 46.0. The van der Waals surface area contributed by atoms with Gasteiger partial charge in [-0.05, 0) is 44.8 Å². The molecular weight excluding hydrogens is 192 g/mol. The Kier molecular flexibility index (Phi) is 2.28. The summed E-state index contributed by atoms with van der Waals surface area (Å²) in [4.78, 5) is 11.4. The van der Waals surface area contributed by atoms with Gasteiger partial charge in [0.1, 0.15) is 0 Å². The van der Waals surface area contributed by atoms with Gasteiger partial charge in [-0.25, -0.2) is 0 Å². The summed E-state index contributed by atoms with van der Waals surface area (Å²) in [5.74, 6) is -0.140. The van der Waals surface area contributed by atoms with Gasteiger partial charge in [-0.3, -0.25) is 4.79 Å². The molecule has 0 heterocycles. The highest BCUT2D eigenvalue weighted by atomic mass is 16.3. The minimum atomic E-state index is -0.963. The Hall–Kier alpha value is -0.670. The molecule has 0 amide bonds. The van der Waals surface area contributed by atoms with E-state index in [1.165, 1.54) is 0 Å². The highest BCUT2D eigenvalue weighted by molar-refractivity contribution is 5.91. The van der Waals surface area contributed by atoms with E-state index in [2.05, 4.69) is 0 Å². The van der Waals surface area contributed by atoms with Gasteiger partial charge in [0, 0.05) is 12.3 Å². The van der Waals surface area contributed by atoms with Crippen molar-refractivity contribution in [2.45, 2.75) is 50.7 Å². The predicted octanol–water partition coefficient (Wildman–Crippen LogP) is 1.19. The zero-order chi connectivity index (χ0) is 11.3. The summed E-state index contributed by atoms with van der Waals surface area (Å²) in [6.07, 6.45) is 3.71. The van der Waals surface area contributed by atoms with Gasteiger partial charge in [0.15, 0.2) is 5.78 Å². The van der Waals surface area contributed by atoms with Gasteiger partial charge in [0.05, 0.1) is 11.2 Å². The van der Waals surface area contributed by atoms with Crippen molar-refractivity contribution in [2.75, 3.05) is 0 Å². The molecule has 15 heavy (non-hydrogen) atoms. The summed E-state index contributed by atoms with van der Waals surface area (Å²) in [6.45, 7) is 3.55. The fourth-order valence-corrected chi connectivity index (χ4v) is 3.05. The summed E-state index contributed by atoms with van der Waals surface area (Å²) in [5.41, 5.74) is -1.09. The number of hydrogen-bond acceptors (Lipinski definition) is 3. The first-order valence-electron chi connectivity index (χ1n) is 5.52. The summed E-state index contributed by atoms with van der Waals surface area (Å²) in [7, 11) is 0. The van der Waals surface area contributed by atoms with Crippen LogP contribution in [-0.2, 0) is 4.79 Å². The third kappa shape index (κ3) is 1.54. The van der Waals surface area contributed by atoms with Crippen molar-refractivity contribution in [2.24, 2.45) is 5.92 Å². The molecule has 0 aromatic rings. The van der Waals surface area contributed by atoms with Crippen LogP contribution in [0.15, 0.2) is 11.6 Å². The van der Waals surface area contributed by atoms with Gasteiger partial charge >= 0.3 is 0 Å². The monoisotopic (exact) mass is 210 g/mol. The zero-order valence-electron chi connectivity index (χ0n) is 9.29. The van der Waals surface area contributed by atoms with E-state index in [0.29, 0.717) is 31.3 Å². The van der Waals surface area contributed by atoms with Gasteiger partial charge in [-0.1, -0.05) is 0 Å². The summed E-state index contributed by atoms with van der Waals surface area (Å²) in [5, 5.41) is 20.7. The lowest BCUT2D eigenvalue weighted by Gasteiger charge is -2.35. The quantitative estimate of drug-likeness (QED) is 0.631. The average molecular weight is 210 g/mol. The van der Waals surface area contributed by atoms with Gasteiger partial charge in [0.25, 0.3) is 0 Å². The first kappa shape index (κ1) is 10.8. The molecule has 84 valence electrons. The summed E-state index contributed by atoms with van der Waals surface area (Å²) in [6, 6.07) is 0. The number of ketones is 1. The van der Waals surface area contributed by atoms with Crippen LogP contribution in [0.25, 0.3) is 0 Å². The van der Waals surface area contributed by atoms with Gasteiger partial charge in [-0.2, -0.15) is 0 Å². The topological polar surface area (TPSA) is 57.5 Å². The molecule has 0 unspecified atom stereocenters. The lowest BCUT2D eigenvalue weighted by Crippen LogP contribution is -2.42. The molecule has 3 atom stereocenters. The van der Waals surface area contributed by atoms with Crippen LogP contribution in [-0.4, -0.2) is 27.2 Å². The Morgan fingerprint density at radius 1 is 1.40 bits per heavy atom. The number of fused-ring (bicyclic) bond motifs is 1. The van der Waals surface area contributed by atoms with Crippen molar-refractivity contribution >= 4 is 5.78 Å². The van der Waals surface area contributed by atoms with Gasteiger partial charge in [-0.15, -0.1) is 0 Å². The maximum Gasteiger partial charge on any atom is 0.155 e. The fourth-order valence-electron chi connectivity index (χ4n) is 3.05. The maximum atomic E-state index is 11.4. The van der Waals surface area contributed by atoms with Gasteiger partial charge < -0.3 is 10.2 Å². The molecule has 0 spiro atoms. The van der Waals surface area contributed by atoms with Crippen molar-refractivity contribution in [3.63, 3.8) is 0 Å². The first-order valence-corrected chi connectivity index (χ1v) is 5.52. The average Bonchev–Trinajstić information content (AvgIpc) is 2.29. The SMILES string of the molecule is CC1=CC(=O)CC[C@@H]2[C@@](C)(O)CC[C@]12O. The van der Waals surface area contributed by atoms with E-state index in [0.717, 1.165) is 0 Å². The van der Waals surface area contributed by atoms with E-state index < -0.39 is 11.2 Å². The van der Waals surface area contributed by atoms with Crippen molar-refractivity contribution in [1.29, 1.82) is 0 Å². The third-order valence-electron chi connectivity index (χ3n) is 4.08. The Morgan fingerprint density at radius 3 is 2.73 bits per heavy atom. The highest BCUT2D eigenvalue weighted by Gasteiger charge is 2.54. The van der Waals surface area contributed by atoms with E-state index in [1.54, 1.807) is 19.9 Å². The molecule has 2 rings (SSSR count). The molecule has 0 bridgehead atoms. The molecule has 2 N–H and O–H groups in total. The molecule has 2 aliphatic carbocycles. The second kappa shape index (κ2) is 3.16. The lowest BCUT2D eigenvalue weighted by atomic mass is 9.78. The van der Waals surface area contributed by atoms with Crippen LogP contribution < -0.4 is 0 Å². The molecule has 1 saturated carbocycles. The molecule has 0 aromatic heterocycles. The maximum absolute atomic E-state index is 11.4. The van der Waals surface area contributed by atoms with Crippen LogP contribution in [0.5, 0.6) is 0 Å². The number of carbonyl (C=O) groups is 1. The van der Waals surface area contributed by atoms with E-state index in [4.69, 9.17) is 0 Å². The molecule has 1 fully saturated rings. The van der Waals surface area contributed by atoms with Gasteiger partial charge in [0.2, 0.25) is 0 Å². The molecule has 2 aliphatic rings. The van der Waals surface area contributed by atoms with Crippen LogP contribution in [0.2, 0.25) is 0 Å². The van der Waals surface area contributed by atoms with Crippen LogP contribution in [0.3, 0.4) is 0 Å². The minimum absolute atomic E-state index is 0.0612. The molecule has 0 aromatic carbocycles. The zero-order valence-corrected chi connectivity index (χ0v) is 9.29. The Labute approximate surface area is 89.8 Å². The smallest absolute Gasteiger partial charge is 0.155 e. The van der Waals surface area contributed by atoms with Crippen LogP contribution in [0.4, 0.5) is 0 Å². The van der Waals surface area contributed by atoms with Crippen LogP contribution in [0, 0.1) is 5.92 Å². The van der Waals surface area contributed by atoms with Crippen LogP contribution in [0.1, 0.15) is 39.5 Å². The molecule has 0 aliphatic heterocycles. The van der Waals surface area contributed by atoms with Crippen molar-refractivity contribution in [3.8, 4) is 0 Å². The number of rotatable bonds is 0.